The van der Waals surface area contributed by atoms with Crippen molar-refractivity contribution in [1.29, 1.82) is 0 Å². The molecule has 17 heavy (non-hydrogen) atoms. The van der Waals surface area contributed by atoms with Crippen LogP contribution in [0.15, 0.2) is 5.16 Å². The maximum atomic E-state index is 8.58. The van der Waals surface area contributed by atoms with Crippen molar-refractivity contribution in [3.8, 4) is 0 Å². The van der Waals surface area contributed by atoms with E-state index in [0.29, 0.717) is 24.3 Å². The van der Waals surface area contributed by atoms with E-state index in [1.807, 2.05) is 0 Å². The highest BCUT2D eigenvalue weighted by molar-refractivity contribution is 5.79. The summed E-state index contributed by atoms with van der Waals surface area (Å²) >= 11 is 0. The summed E-state index contributed by atoms with van der Waals surface area (Å²) in [5.41, 5.74) is 5.55. The molecular formula is C13H27N3O. The molecule has 0 aromatic heterocycles. The number of amidine groups is 1. The van der Waals surface area contributed by atoms with Crippen molar-refractivity contribution >= 4 is 5.84 Å². The summed E-state index contributed by atoms with van der Waals surface area (Å²) in [6.07, 6.45) is 5.92. The van der Waals surface area contributed by atoms with Crippen molar-refractivity contribution in [2.24, 2.45) is 16.8 Å². The Morgan fingerprint density at radius 2 is 2.18 bits per heavy atom. The van der Waals surface area contributed by atoms with Gasteiger partial charge in [-0.15, -0.1) is 0 Å². The Morgan fingerprint density at radius 1 is 1.47 bits per heavy atom. The van der Waals surface area contributed by atoms with Crippen LogP contribution in [-0.4, -0.2) is 34.6 Å². The summed E-state index contributed by atoms with van der Waals surface area (Å²) in [7, 11) is 0. The zero-order valence-corrected chi connectivity index (χ0v) is 11.4. The van der Waals surface area contributed by atoms with E-state index < -0.39 is 0 Å². The molecule has 1 aliphatic rings. The fraction of sp³-hybridized carbons (Fsp3) is 0.923. The molecule has 1 saturated carbocycles. The summed E-state index contributed by atoms with van der Waals surface area (Å²) in [6, 6.07) is 1.20. The number of hydrogen-bond donors (Lipinski definition) is 2. The molecule has 1 rings (SSSR count). The normalized spacial score (nSPS) is 26.8. The fourth-order valence-corrected chi connectivity index (χ4v) is 2.86. The summed E-state index contributed by atoms with van der Waals surface area (Å²) in [4.78, 5) is 2.51. The first-order valence-corrected chi connectivity index (χ1v) is 6.76. The van der Waals surface area contributed by atoms with Gasteiger partial charge in [0.25, 0.3) is 0 Å². The van der Waals surface area contributed by atoms with Gasteiger partial charge >= 0.3 is 0 Å². The van der Waals surface area contributed by atoms with E-state index in [2.05, 4.69) is 30.8 Å². The van der Waals surface area contributed by atoms with E-state index in [4.69, 9.17) is 10.9 Å². The van der Waals surface area contributed by atoms with Gasteiger partial charge in [-0.1, -0.05) is 24.9 Å². The first kappa shape index (κ1) is 14.3. The van der Waals surface area contributed by atoms with Crippen LogP contribution in [0.5, 0.6) is 0 Å². The van der Waals surface area contributed by atoms with Crippen molar-refractivity contribution in [2.45, 2.75) is 65.0 Å². The second-order valence-electron chi connectivity index (χ2n) is 5.60. The molecule has 0 aromatic rings. The fourth-order valence-electron chi connectivity index (χ4n) is 2.86. The third-order valence-corrected chi connectivity index (χ3v) is 3.80. The van der Waals surface area contributed by atoms with E-state index in [9.17, 15) is 0 Å². The van der Waals surface area contributed by atoms with E-state index in [-0.39, 0.29) is 0 Å². The van der Waals surface area contributed by atoms with Gasteiger partial charge < -0.3 is 10.9 Å². The third-order valence-electron chi connectivity index (χ3n) is 3.80. The number of nitrogens with zero attached hydrogens (tertiary/aromatic N) is 2. The number of hydrogen-bond acceptors (Lipinski definition) is 3. The van der Waals surface area contributed by atoms with Crippen LogP contribution in [0.4, 0.5) is 0 Å². The molecule has 0 heterocycles. The molecule has 3 N–H and O–H groups in total. The second kappa shape index (κ2) is 6.84. The van der Waals surface area contributed by atoms with Gasteiger partial charge in [0.05, 0.1) is 0 Å². The summed E-state index contributed by atoms with van der Waals surface area (Å²) in [5.74, 6) is 1.17. The van der Waals surface area contributed by atoms with Gasteiger partial charge in [0.15, 0.2) is 0 Å². The smallest absolute Gasteiger partial charge is 0.140 e. The number of oxime groups is 1. The SMILES string of the molecule is CC1CCCC(N(CCC(N)=NO)C(C)C)C1. The Morgan fingerprint density at radius 3 is 2.71 bits per heavy atom. The van der Waals surface area contributed by atoms with Crippen LogP contribution >= 0.6 is 0 Å². The molecule has 0 aromatic carbocycles. The van der Waals surface area contributed by atoms with Gasteiger partial charge in [0.2, 0.25) is 0 Å². The molecule has 100 valence electrons. The van der Waals surface area contributed by atoms with Gasteiger partial charge in [-0.25, -0.2) is 0 Å². The predicted molar refractivity (Wildman–Crippen MR) is 71.3 cm³/mol. The molecular weight excluding hydrogens is 214 g/mol. The maximum absolute atomic E-state index is 8.58. The van der Waals surface area contributed by atoms with Crippen LogP contribution in [0.2, 0.25) is 0 Å². The molecule has 0 bridgehead atoms. The van der Waals surface area contributed by atoms with E-state index in [1.165, 1.54) is 25.7 Å². The van der Waals surface area contributed by atoms with E-state index in [0.717, 1.165) is 12.5 Å². The zero-order valence-electron chi connectivity index (χ0n) is 11.4. The Hall–Kier alpha value is -0.770. The molecule has 0 aliphatic heterocycles. The second-order valence-corrected chi connectivity index (χ2v) is 5.60. The maximum Gasteiger partial charge on any atom is 0.140 e. The summed E-state index contributed by atoms with van der Waals surface area (Å²) in [5, 5.41) is 11.6. The summed E-state index contributed by atoms with van der Waals surface area (Å²) in [6.45, 7) is 7.69. The highest BCUT2D eigenvalue weighted by atomic mass is 16.4. The highest BCUT2D eigenvalue weighted by Gasteiger charge is 2.26. The van der Waals surface area contributed by atoms with Crippen LogP contribution in [0.1, 0.15) is 52.9 Å². The van der Waals surface area contributed by atoms with Gasteiger partial charge in [-0.3, -0.25) is 4.90 Å². The molecule has 4 nitrogen and oxygen atoms in total. The van der Waals surface area contributed by atoms with Crippen LogP contribution in [-0.2, 0) is 0 Å². The van der Waals surface area contributed by atoms with Crippen molar-refractivity contribution in [2.75, 3.05) is 6.54 Å². The Bertz CT molecular complexity index is 253. The predicted octanol–water partition coefficient (Wildman–Crippen LogP) is 2.41. The Labute approximate surface area is 105 Å². The quantitative estimate of drug-likeness (QED) is 0.336. The minimum Gasteiger partial charge on any atom is -0.409 e. The lowest BCUT2D eigenvalue weighted by Crippen LogP contribution is -2.44. The molecule has 2 unspecified atom stereocenters. The topological polar surface area (TPSA) is 61.8 Å². The van der Waals surface area contributed by atoms with Crippen molar-refractivity contribution in [3.63, 3.8) is 0 Å². The van der Waals surface area contributed by atoms with Crippen molar-refractivity contribution < 1.29 is 5.21 Å². The van der Waals surface area contributed by atoms with E-state index >= 15 is 0 Å². The van der Waals surface area contributed by atoms with Crippen LogP contribution in [0.25, 0.3) is 0 Å². The number of rotatable bonds is 5. The van der Waals surface area contributed by atoms with Crippen LogP contribution in [0.3, 0.4) is 0 Å². The molecule has 4 heteroatoms. The standard InChI is InChI=1S/C13H27N3O/c1-10(2)16(8-7-13(14)15-17)12-6-4-5-11(3)9-12/h10-12,17H,4-9H2,1-3H3,(H2,14,15). The van der Waals surface area contributed by atoms with Crippen LogP contribution in [0, 0.1) is 5.92 Å². The van der Waals surface area contributed by atoms with Crippen LogP contribution < -0.4 is 5.73 Å². The van der Waals surface area contributed by atoms with E-state index in [1.54, 1.807) is 0 Å². The third kappa shape index (κ3) is 4.54. The average molecular weight is 241 g/mol. The molecule has 1 aliphatic carbocycles. The molecule has 1 fully saturated rings. The summed E-state index contributed by atoms with van der Waals surface area (Å²) < 4.78 is 0. The average Bonchev–Trinajstić information content (AvgIpc) is 2.28. The van der Waals surface area contributed by atoms with Crippen molar-refractivity contribution in [1.82, 2.24) is 4.90 Å². The van der Waals surface area contributed by atoms with Crippen molar-refractivity contribution in [3.05, 3.63) is 0 Å². The van der Waals surface area contributed by atoms with Gasteiger partial charge in [-0.2, -0.15) is 0 Å². The highest BCUT2D eigenvalue weighted by Crippen LogP contribution is 2.28. The monoisotopic (exact) mass is 241 g/mol. The molecule has 0 radical (unpaired) electrons. The first-order chi connectivity index (χ1) is 8.04. The first-order valence-electron chi connectivity index (χ1n) is 6.76. The van der Waals surface area contributed by atoms with Gasteiger partial charge in [0, 0.05) is 25.0 Å². The molecule has 0 amide bonds. The largest absolute Gasteiger partial charge is 0.409 e. The molecule has 2 atom stereocenters. The number of nitrogens with two attached hydrogens (primary N) is 1. The minimum atomic E-state index is 0.333. The lowest BCUT2D eigenvalue weighted by molar-refractivity contribution is 0.106. The molecule has 0 saturated heterocycles. The lowest BCUT2D eigenvalue weighted by Gasteiger charge is -2.39. The zero-order chi connectivity index (χ0) is 12.8. The Balaban J connectivity index is 2.52. The van der Waals surface area contributed by atoms with Gasteiger partial charge in [-0.05, 0) is 32.6 Å². The Kier molecular flexibility index (Phi) is 5.75. The molecule has 0 spiro atoms. The lowest BCUT2D eigenvalue weighted by atomic mass is 9.85. The van der Waals surface area contributed by atoms with Gasteiger partial charge in [0.1, 0.15) is 5.84 Å². The minimum absolute atomic E-state index is 0.333.